The van der Waals surface area contributed by atoms with Crippen molar-refractivity contribution in [1.29, 1.82) is 0 Å². The van der Waals surface area contributed by atoms with Gasteiger partial charge < -0.3 is 20.7 Å². The Hall–Kier alpha value is -1.66. The van der Waals surface area contributed by atoms with Crippen LogP contribution in [0.15, 0.2) is 12.1 Å². The number of anilines is 1. The van der Waals surface area contributed by atoms with Gasteiger partial charge in [-0.3, -0.25) is 0 Å². The average Bonchev–Trinajstić information content (AvgIpc) is 2.26. The number of aliphatic hydroxyl groups is 2. The van der Waals surface area contributed by atoms with E-state index in [-0.39, 0.29) is 18.1 Å². The van der Waals surface area contributed by atoms with Crippen molar-refractivity contribution < 1.29 is 19.7 Å². The number of nitrogens with zero attached hydrogens (tertiary/aromatic N) is 1. The number of hydrogen-bond acceptors (Lipinski definition) is 6. The fourth-order valence-electron chi connectivity index (χ4n) is 1.39. The van der Waals surface area contributed by atoms with Crippen LogP contribution in [-0.2, 0) is 9.53 Å². The highest BCUT2D eigenvalue weighted by Crippen LogP contribution is 2.18. The molecule has 1 aromatic rings. The molecule has 2 unspecified atom stereocenters. The van der Waals surface area contributed by atoms with E-state index in [1.54, 1.807) is 26.0 Å². The molecule has 0 aliphatic rings. The summed E-state index contributed by atoms with van der Waals surface area (Å²) in [6.07, 6.45) is -3.11. The summed E-state index contributed by atoms with van der Waals surface area (Å²) in [7, 11) is 0. The number of aryl methyl sites for hydroxylation is 1. The van der Waals surface area contributed by atoms with Crippen molar-refractivity contribution in [3.05, 3.63) is 23.4 Å². The smallest absolute Gasteiger partial charge is 0.338 e. The van der Waals surface area contributed by atoms with E-state index in [2.05, 4.69) is 9.72 Å². The monoisotopic (exact) mass is 240 g/mol. The Morgan fingerprint density at radius 3 is 2.71 bits per heavy atom. The molecule has 1 rings (SSSR count). The van der Waals surface area contributed by atoms with Crippen LogP contribution in [0, 0.1) is 6.92 Å². The number of nitrogens with two attached hydrogens (primary N) is 1. The van der Waals surface area contributed by atoms with Gasteiger partial charge in [0.05, 0.1) is 12.3 Å². The van der Waals surface area contributed by atoms with Gasteiger partial charge in [0.2, 0.25) is 0 Å². The van der Waals surface area contributed by atoms with Crippen LogP contribution in [0.2, 0.25) is 0 Å². The minimum absolute atomic E-state index is 0.131. The van der Waals surface area contributed by atoms with Gasteiger partial charge in [0.1, 0.15) is 11.9 Å². The Balaban J connectivity index is 2.87. The molecule has 0 saturated heterocycles. The van der Waals surface area contributed by atoms with Crippen molar-refractivity contribution in [3.8, 4) is 0 Å². The van der Waals surface area contributed by atoms with E-state index in [1.807, 2.05) is 0 Å². The second-order valence-corrected chi connectivity index (χ2v) is 3.64. The minimum Gasteiger partial charge on any atom is -0.464 e. The van der Waals surface area contributed by atoms with Gasteiger partial charge in [-0.05, 0) is 31.5 Å². The maximum absolute atomic E-state index is 11.2. The molecule has 4 N–H and O–H groups in total. The Morgan fingerprint density at radius 1 is 1.53 bits per heavy atom. The molecule has 0 saturated carbocycles. The molecule has 17 heavy (non-hydrogen) atoms. The Bertz CT molecular complexity index is 388. The number of esters is 1. The second-order valence-electron chi connectivity index (χ2n) is 3.64. The standard InChI is InChI=1S/C11H16N2O4/c1-3-17-11(16)10(15)9(14)7-4-6(2)5-8(12)13-7/h4-5,9-10,14-15H,3H2,1-2H3,(H2,12,13). The first-order chi connectivity index (χ1) is 7.95. The van der Waals surface area contributed by atoms with Crippen LogP contribution in [0.5, 0.6) is 0 Å². The lowest BCUT2D eigenvalue weighted by Gasteiger charge is -2.16. The number of carbonyl (C=O) groups is 1. The van der Waals surface area contributed by atoms with Crippen molar-refractivity contribution in [2.24, 2.45) is 0 Å². The van der Waals surface area contributed by atoms with Gasteiger partial charge in [0.15, 0.2) is 6.10 Å². The summed E-state index contributed by atoms with van der Waals surface area (Å²) in [5.41, 5.74) is 6.43. The lowest BCUT2D eigenvalue weighted by atomic mass is 10.1. The molecule has 6 nitrogen and oxygen atoms in total. The third-order valence-corrected chi connectivity index (χ3v) is 2.14. The Labute approximate surface area is 99.0 Å². The highest BCUT2D eigenvalue weighted by molar-refractivity contribution is 5.75. The van der Waals surface area contributed by atoms with Crippen LogP contribution >= 0.6 is 0 Å². The lowest BCUT2D eigenvalue weighted by molar-refractivity contribution is -0.159. The highest BCUT2D eigenvalue weighted by Gasteiger charge is 2.28. The summed E-state index contributed by atoms with van der Waals surface area (Å²) in [6, 6.07) is 3.16. The van der Waals surface area contributed by atoms with Crippen LogP contribution in [0.3, 0.4) is 0 Å². The third kappa shape index (κ3) is 3.40. The molecule has 0 bridgehead atoms. The molecule has 0 aromatic carbocycles. The quantitative estimate of drug-likeness (QED) is 0.636. The second kappa shape index (κ2) is 5.60. The largest absolute Gasteiger partial charge is 0.464 e. The molecule has 1 aromatic heterocycles. The van der Waals surface area contributed by atoms with Crippen molar-refractivity contribution in [1.82, 2.24) is 4.98 Å². The molecule has 6 heteroatoms. The van der Waals surface area contributed by atoms with E-state index in [0.29, 0.717) is 0 Å². The van der Waals surface area contributed by atoms with E-state index in [1.165, 1.54) is 0 Å². The third-order valence-electron chi connectivity index (χ3n) is 2.14. The number of ether oxygens (including phenoxy) is 1. The molecule has 0 spiro atoms. The van der Waals surface area contributed by atoms with Crippen LogP contribution in [0.25, 0.3) is 0 Å². The molecule has 0 radical (unpaired) electrons. The van der Waals surface area contributed by atoms with E-state index in [0.717, 1.165) is 5.56 Å². The molecule has 0 aliphatic carbocycles. The topological polar surface area (TPSA) is 106 Å². The molecular formula is C11H16N2O4. The van der Waals surface area contributed by atoms with Crippen molar-refractivity contribution in [3.63, 3.8) is 0 Å². The Kier molecular flexibility index (Phi) is 4.42. The number of carbonyl (C=O) groups excluding carboxylic acids is 1. The van der Waals surface area contributed by atoms with E-state index < -0.39 is 18.2 Å². The number of pyridine rings is 1. The van der Waals surface area contributed by atoms with Crippen LogP contribution in [0.4, 0.5) is 5.82 Å². The predicted molar refractivity (Wildman–Crippen MR) is 61.0 cm³/mol. The van der Waals surface area contributed by atoms with Crippen LogP contribution < -0.4 is 5.73 Å². The summed E-state index contributed by atoms with van der Waals surface area (Å²) in [4.78, 5) is 15.1. The molecule has 0 amide bonds. The van der Waals surface area contributed by atoms with Gasteiger partial charge in [-0.1, -0.05) is 0 Å². The lowest BCUT2D eigenvalue weighted by Crippen LogP contribution is -2.30. The first-order valence-electron chi connectivity index (χ1n) is 5.22. The zero-order chi connectivity index (χ0) is 13.0. The fraction of sp³-hybridized carbons (Fsp3) is 0.455. The minimum atomic E-state index is -1.66. The summed E-state index contributed by atoms with van der Waals surface area (Å²) < 4.78 is 4.60. The van der Waals surface area contributed by atoms with Gasteiger partial charge in [-0.15, -0.1) is 0 Å². The zero-order valence-corrected chi connectivity index (χ0v) is 9.75. The van der Waals surface area contributed by atoms with Gasteiger partial charge in [0.25, 0.3) is 0 Å². The van der Waals surface area contributed by atoms with Crippen LogP contribution in [-0.4, -0.2) is 33.9 Å². The Morgan fingerprint density at radius 2 is 2.18 bits per heavy atom. The van der Waals surface area contributed by atoms with Gasteiger partial charge in [-0.25, -0.2) is 9.78 Å². The summed E-state index contributed by atoms with van der Waals surface area (Å²) in [5, 5.41) is 19.3. The first kappa shape index (κ1) is 13.4. The van der Waals surface area contributed by atoms with E-state index >= 15 is 0 Å². The number of nitrogen functional groups attached to an aromatic ring is 1. The van der Waals surface area contributed by atoms with Crippen molar-refractivity contribution >= 4 is 11.8 Å². The number of rotatable bonds is 4. The molecule has 2 atom stereocenters. The summed E-state index contributed by atoms with van der Waals surface area (Å²) >= 11 is 0. The van der Waals surface area contributed by atoms with Gasteiger partial charge in [-0.2, -0.15) is 0 Å². The number of aliphatic hydroxyl groups excluding tert-OH is 2. The first-order valence-corrected chi connectivity index (χ1v) is 5.22. The molecule has 1 heterocycles. The molecule has 94 valence electrons. The van der Waals surface area contributed by atoms with E-state index in [9.17, 15) is 15.0 Å². The van der Waals surface area contributed by atoms with Crippen LogP contribution in [0.1, 0.15) is 24.3 Å². The summed E-state index contributed by atoms with van der Waals surface area (Å²) in [5.74, 6) is -0.669. The maximum atomic E-state index is 11.2. The van der Waals surface area contributed by atoms with Crippen molar-refractivity contribution in [2.75, 3.05) is 12.3 Å². The van der Waals surface area contributed by atoms with Gasteiger partial charge in [0, 0.05) is 0 Å². The number of aromatic nitrogens is 1. The highest BCUT2D eigenvalue weighted by atomic mass is 16.5. The number of hydrogen-bond donors (Lipinski definition) is 3. The molecule has 0 fully saturated rings. The SMILES string of the molecule is CCOC(=O)C(O)C(O)c1cc(C)cc(N)n1. The fourth-order valence-corrected chi connectivity index (χ4v) is 1.39. The average molecular weight is 240 g/mol. The maximum Gasteiger partial charge on any atom is 0.338 e. The normalized spacial score (nSPS) is 14.1. The predicted octanol–water partition coefficient (Wildman–Crippen LogP) is -0.0704. The zero-order valence-electron chi connectivity index (χ0n) is 9.75. The van der Waals surface area contributed by atoms with E-state index in [4.69, 9.17) is 5.73 Å². The van der Waals surface area contributed by atoms with Crippen molar-refractivity contribution in [2.45, 2.75) is 26.1 Å². The molecule has 0 aliphatic heterocycles. The summed E-state index contributed by atoms with van der Waals surface area (Å²) in [6.45, 7) is 3.51. The molecular weight excluding hydrogens is 224 g/mol. The van der Waals surface area contributed by atoms with Gasteiger partial charge >= 0.3 is 5.97 Å².